The van der Waals surface area contributed by atoms with Crippen LogP contribution in [0.3, 0.4) is 0 Å². The van der Waals surface area contributed by atoms with Gasteiger partial charge in [-0.2, -0.15) is 9.61 Å². The van der Waals surface area contributed by atoms with Crippen molar-refractivity contribution in [1.82, 2.24) is 19.8 Å². The van der Waals surface area contributed by atoms with Gasteiger partial charge in [0.2, 0.25) is 4.96 Å². The van der Waals surface area contributed by atoms with Crippen molar-refractivity contribution in [3.8, 4) is 22.0 Å². The number of hydrogen-bond donors (Lipinski definition) is 0. The minimum Gasteiger partial charge on any atom is -0.182 e. The highest BCUT2D eigenvalue weighted by Crippen LogP contribution is 2.28. The van der Waals surface area contributed by atoms with E-state index >= 15 is 0 Å². The predicted octanol–water partition coefficient (Wildman–Crippen LogP) is 4.08. The molecule has 0 spiro atoms. The van der Waals surface area contributed by atoms with Crippen LogP contribution in [0.1, 0.15) is 12.5 Å². The number of aromatic nitrogens is 4. The third-order valence-electron chi connectivity index (χ3n) is 3.63. The van der Waals surface area contributed by atoms with Gasteiger partial charge in [-0.1, -0.05) is 72.9 Å². The van der Waals surface area contributed by atoms with Crippen molar-refractivity contribution in [2.75, 3.05) is 0 Å². The molecule has 0 aliphatic carbocycles. The first kappa shape index (κ1) is 13.2. The number of rotatable bonds is 3. The SMILES string of the molecule is CCc1ccc(-c2nn3c(-c4ccccc4)nnc3s2)cc1. The molecule has 0 bridgehead atoms. The molecule has 0 unspecified atom stereocenters. The van der Waals surface area contributed by atoms with Gasteiger partial charge in [-0.05, 0) is 12.0 Å². The number of nitrogens with zero attached hydrogens (tertiary/aromatic N) is 4. The lowest BCUT2D eigenvalue weighted by molar-refractivity contribution is 0.970. The molecule has 0 atom stereocenters. The lowest BCUT2D eigenvalue weighted by Gasteiger charge is -1.98. The number of fused-ring (bicyclic) bond motifs is 1. The monoisotopic (exact) mass is 306 g/mol. The molecule has 2 heterocycles. The average Bonchev–Trinajstić information content (AvgIpc) is 3.16. The van der Waals surface area contributed by atoms with Crippen molar-refractivity contribution in [3.05, 3.63) is 60.2 Å². The Balaban J connectivity index is 1.79. The zero-order valence-corrected chi connectivity index (χ0v) is 12.9. The van der Waals surface area contributed by atoms with Gasteiger partial charge >= 0.3 is 0 Å². The Morgan fingerprint density at radius 2 is 1.68 bits per heavy atom. The van der Waals surface area contributed by atoms with E-state index in [0.717, 1.165) is 33.3 Å². The average molecular weight is 306 g/mol. The van der Waals surface area contributed by atoms with Gasteiger partial charge in [0, 0.05) is 11.1 Å². The molecule has 4 aromatic rings. The fourth-order valence-electron chi connectivity index (χ4n) is 2.38. The van der Waals surface area contributed by atoms with Crippen LogP contribution in [0.5, 0.6) is 0 Å². The molecule has 0 aliphatic heterocycles. The first-order valence-corrected chi connectivity index (χ1v) is 8.04. The first-order chi connectivity index (χ1) is 10.8. The van der Waals surface area contributed by atoms with Crippen molar-refractivity contribution < 1.29 is 0 Å². The summed E-state index contributed by atoms with van der Waals surface area (Å²) >= 11 is 1.56. The number of aryl methyl sites for hydroxylation is 1. The van der Waals surface area contributed by atoms with E-state index in [-0.39, 0.29) is 0 Å². The van der Waals surface area contributed by atoms with Crippen molar-refractivity contribution in [2.45, 2.75) is 13.3 Å². The van der Waals surface area contributed by atoms with E-state index in [1.54, 1.807) is 11.3 Å². The van der Waals surface area contributed by atoms with Crippen molar-refractivity contribution >= 4 is 16.3 Å². The van der Waals surface area contributed by atoms with Crippen molar-refractivity contribution in [1.29, 1.82) is 0 Å². The molecule has 4 nitrogen and oxygen atoms in total. The van der Waals surface area contributed by atoms with E-state index in [0.29, 0.717) is 0 Å². The Labute approximate surface area is 132 Å². The third-order valence-corrected chi connectivity index (χ3v) is 4.58. The Morgan fingerprint density at radius 3 is 2.41 bits per heavy atom. The summed E-state index contributed by atoms with van der Waals surface area (Å²) in [5.41, 5.74) is 3.47. The molecule has 108 valence electrons. The fraction of sp³-hybridized carbons (Fsp3) is 0.118. The smallest absolute Gasteiger partial charge is 0.182 e. The second kappa shape index (κ2) is 5.35. The summed E-state index contributed by atoms with van der Waals surface area (Å²) in [4.78, 5) is 0.813. The molecule has 0 amide bonds. The zero-order valence-electron chi connectivity index (χ0n) is 12.1. The zero-order chi connectivity index (χ0) is 14.9. The van der Waals surface area contributed by atoms with Crippen molar-refractivity contribution in [3.63, 3.8) is 0 Å². The standard InChI is InChI=1S/C17H14N4S/c1-2-12-8-10-14(11-9-12)16-20-21-15(18-19-17(21)22-16)13-6-4-3-5-7-13/h3-11H,2H2,1H3. The van der Waals surface area contributed by atoms with E-state index in [1.807, 2.05) is 34.8 Å². The van der Waals surface area contributed by atoms with Crippen LogP contribution in [0.25, 0.3) is 26.9 Å². The molecule has 2 aromatic heterocycles. The van der Waals surface area contributed by atoms with E-state index in [4.69, 9.17) is 0 Å². The van der Waals surface area contributed by atoms with Gasteiger partial charge < -0.3 is 0 Å². The lowest BCUT2D eigenvalue weighted by atomic mass is 10.1. The quantitative estimate of drug-likeness (QED) is 0.573. The topological polar surface area (TPSA) is 43.1 Å². The molecule has 0 saturated carbocycles. The molecule has 0 radical (unpaired) electrons. The van der Waals surface area contributed by atoms with Gasteiger partial charge in [-0.25, -0.2) is 0 Å². The summed E-state index contributed by atoms with van der Waals surface area (Å²) < 4.78 is 1.82. The second-order valence-electron chi connectivity index (χ2n) is 5.04. The highest BCUT2D eigenvalue weighted by atomic mass is 32.1. The van der Waals surface area contributed by atoms with Crippen LogP contribution in [0.2, 0.25) is 0 Å². The van der Waals surface area contributed by atoms with Gasteiger partial charge in [0.05, 0.1) is 0 Å². The van der Waals surface area contributed by atoms with E-state index < -0.39 is 0 Å². The minimum atomic E-state index is 0.781. The minimum absolute atomic E-state index is 0.781. The molecule has 5 heteroatoms. The predicted molar refractivity (Wildman–Crippen MR) is 88.9 cm³/mol. The second-order valence-corrected chi connectivity index (χ2v) is 6.00. The lowest BCUT2D eigenvalue weighted by Crippen LogP contribution is -1.90. The molecular formula is C17H14N4S. The summed E-state index contributed by atoms with van der Waals surface area (Å²) in [7, 11) is 0. The normalized spacial score (nSPS) is 11.1. The molecule has 22 heavy (non-hydrogen) atoms. The first-order valence-electron chi connectivity index (χ1n) is 7.22. The molecule has 0 N–H and O–H groups in total. The molecule has 0 saturated heterocycles. The molecule has 0 fully saturated rings. The van der Waals surface area contributed by atoms with Crippen LogP contribution in [0, 0.1) is 0 Å². The van der Waals surface area contributed by atoms with Crippen LogP contribution in [0.15, 0.2) is 54.6 Å². The van der Waals surface area contributed by atoms with E-state index in [2.05, 4.69) is 46.5 Å². The van der Waals surface area contributed by atoms with Crippen molar-refractivity contribution in [2.24, 2.45) is 0 Å². The van der Waals surface area contributed by atoms with Crippen LogP contribution < -0.4 is 0 Å². The van der Waals surface area contributed by atoms with Gasteiger partial charge in [0.25, 0.3) is 0 Å². The number of benzene rings is 2. The molecule has 0 aliphatic rings. The van der Waals surface area contributed by atoms with Gasteiger partial charge in [0.1, 0.15) is 5.01 Å². The van der Waals surface area contributed by atoms with E-state index in [9.17, 15) is 0 Å². The number of hydrogen-bond acceptors (Lipinski definition) is 4. The van der Waals surface area contributed by atoms with Crippen LogP contribution >= 0.6 is 11.3 Å². The Bertz CT molecular complexity index is 907. The molecule has 4 rings (SSSR count). The van der Waals surface area contributed by atoms with Crippen LogP contribution in [0.4, 0.5) is 0 Å². The van der Waals surface area contributed by atoms with Gasteiger partial charge in [-0.3, -0.25) is 0 Å². The molecule has 2 aromatic carbocycles. The van der Waals surface area contributed by atoms with Gasteiger partial charge in [0.15, 0.2) is 5.82 Å². The summed E-state index contributed by atoms with van der Waals surface area (Å²) in [5, 5.41) is 14.1. The summed E-state index contributed by atoms with van der Waals surface area (Å²) in [5.74, 6) is 0.781. The van der Waals surface area contributed by atoms with Crippen LogP contribution in [-0.4, -0.2) is 19.8 Å². The maximum atomic E-state index is 4.68. The molecular weight excluding hydrogens is 292 g/mol. The highest BCUT2D eigenvalue weighted by Gasteiger charge is 2.14. The van der Waals surface area contributed by atoms with Crippen LogP contribution in [-0.2, 0) is 6.42 Å². The summed E-state index contributed by atoms with van der Waals surface area (Å²) in [6.45, 7) is 2.16. The fourth-order valence-corrected chi connectivity index (χ4v) is 3.23. The van der Waals surface area contributed by atoms with E-state index in [1.165, 1.54) is 5.56 Å². The Morgan fingerprint density at radius 1 is 0.909 bits per heavy atom. The summed E-state index contributed by atoms with van der Waals surface area (Å²) in [6.07, 6.45) is 1.05. The Kier molecular flexibility index (Phi) is 3.20. The Hall–Kier alpha value is -2.53. The maximum Gasteiger partial charge on any atom is 0.235 e. The maximum absolute atomic E-state index is 4.68. The largest absolute Gasteiger partial charge is 0.235 e. The third kappa shape index (κ3) is 2.19. The van der Waals surface area contributed by atoms with Gasteiger partial charge in [-0.15, -0.1) is 10.2 Å². The summed E-state index contributed by atoms with van der Waals surface area (Å²) in [6, 6.07) is 18.5. The highest BCUT2D eigenvalue weighted by molar-refractivity contribution is 7.19.